The molecular weight excluding hydrogens is 208 g/mol. The zero-order valence-electron chi connectivity index (χ0n) is 8.92. The lowest BCUT2D eigenvalue weighted by molar-refractivity contribution is 0.0696. The molecule has 84 valence electrons. The van der Waals surface area contributed by atoms with E-state index in [2.05, 4.69) is 9.97 Å². The molecule has 0 fully saturated rings. The highest BCUT2D eigenvalue weighted by Crippen LogP contribution is 2.07. The van der Waals surface area contributed by atoms with Crippen molar-refractivity contribution >= 4 is 11.9 Å². The average Bonchev–Trinajstić information content (AvgIpc) is 2.30. The second-order valence-electron chi connectivity index (χ2n) is 3.06. The minimum atomic E-state index is -1.05. The van der Waals surface area contributed by atoms with Crippen LogP contribution in [0.25, 0.3) is 0 Å². The normalized spacial score (nSPS) is 9.50. The van der Waals surface area contributed by atoms with Crippen molar-refractivity contribution in [3.63, 3.8) is 0 Å². The maximum Gasteiger partial charge on any atom is 0.338 e. The summed E-state index contributed by atoms with van der Waals surface area (Å²) in [6, 6.07) is 2.04. The third kappa shape index (κ3) is 2.92. The number of nitrogens with zero attached hydrogens (tertiary/aromatic N) is 4. The van der Waals surface area contributed by atoms with Crippen molar-refractivity contribution in [1.82, 2.24) is 9.97 Å². The lowest BCUT2D eigenvalue weighted by atomic mass is 10.3. The van der Waals surface area contributed by atoms with Gasteiger partial charge < -0.3 is 10.0 Å². The van der Waals surface area contributed by atoms with E-state index in [9.17, 15) is 4.79 Å². The van der Waals surface area contributed by atoms with E-state index in [0.29, 0.717) is 25.5 Å². The Kier molecular flexibility index (Phi) is 4.21. The van der Waals surface area contributed by atoms with Crippen molar-refractivity contribution in [3.8, 4) is 6.07 Å². The fraction of sp³-hybridized carbons (Fsp3) is 0.400. The molecule has 0 spiro atoms. The SMILES string of the molecule is CCN(CCC#N)c1ncc(C(=O)O)cn1. The van der Waals surface area contributed by atoms with Gasteiger partial charge in [0.15, 0.2) is 0 Å². The van der Waals surface area contributed by atoms with Crippen LogP contribution in [0.2, 0.25) is 0 Å². The molecule has 1 aromatic heterocycles. The van der Waals surface area contributed by atoms with Gasteiger partial charge in [-0.25, -0.2) is 14.8 Å². The van der Waals surface area contributed by atoms with Crippen LogP contribution >= 0.6 is 0 Å². The van der Waals surface area contributed by atoms with E-state index in [1.54, 1.807) is 0 Å². The Morgan fingerprint density at radius 1 is 1.56 bits per heavy atom. The van der Waals surface area contributed by atoms with Gasteiger partial charge >= 0.3 is 5.97 Å². The molecule has 0 aliphatic rings. The first kappa shape index (κ1) is 11.9. The minimum Gasteiger partial charge on any atom is -0.478 e. The van der Waals surface area contributed by atoms with Crippen LogP contribution in [0.3, 0.4) is 0 Å². The highest BCUT2D eigenvalue weighted by molar-refractivity contribution is 5.86. The smallest absolute Gasteiger partial charge is 0.338 e. The van der Waals surface area contributed by atoms with Crippen LogP contribution in [-0.2, 0) is 0 Å². The van der Waals surface area contributed by atoms with Crippen molar-refractivity contribution in [3.05, 3.63) is 18.0 Å². The summed E-state index contributed by atoms with van der Waals surface area (Å²) in [4.78, 5) is 20.3. The first-order valence-electron chi connectivity index (χ1n) is 4.86. The molecule has 1 N–H and O–H groups in total. The Morgan fingerprint density at radius 2 is 2.19 bits per heavy atom. The molecule has 16 heavy (non-hydrogen) atoms. The number of carboxylic acid groups (broad SMARTS) is 1. The van der Waals surface area contributed by atoms with Crippen LogP contribution in [0.4, 0.5) is 5.95 Å². The Balaban J connectivity index is 2.78. The Labute approximate surface area is 93.2 Å². The first-order chi connectivity index (χ1) is 7.69. The molecule has 6 heteroatoms. The maximum absolute atomic E-state index is 10.6. The van der Waals surface area contributed by atoms with Crippen molar-refractivity contribution in [2.24, 2.45) is 0 Å². The molecule has 0 saturated heterocycles. The van der Waals surface area contributed by atoms with Crippen molar-refractivity contribution in [1.29, 1.82) is 5.26 Å². The molecular formula is C10H12N4O2. The molecule has 0 aliphatic carbocycles. The van der Waals surface area contributed by atoms with Gasteiger partial charge in [0.05, 0.1) is 18.1 Å². The van der Waals surface area contributed by atoms with Gasteiger partial charge in [0.25, 0.3) is 0 Å². The molecule has 6 nitrogen and oxygen atoms in total. The summed E-state index contributed by atoms with van der Waals surface area (Å²) < 4.78 is 0. The molecule has 0 amide bonds. The highest BCUT2D eigenvalue weighted by atomic mass is 16.4. The van der Waals surface area contributed by atoms with Gasteiger partial charge in [0.1, 0.15) is 0 Å². The summed E-state index contributed by atoms with van der Waals surface area (Å²) in [5.41, 5.74) is 0.0556. The van der Waals surface area contributed by atoms with E-state index in [0.717, 1.165) is 0 Å². The number of nitriles is 1. The van der Waals surface area contributed by atoms with E-state index in [1.165, 1.54) is 12.4 Å². The minimum absolute atomic E-state index is 0.0556. The number of aromatic carboxylic acids is 1. The topological polar surface area (TPSA) is 90.1 Å². The monoisotopic (exact) mass is 220 g/mol. The van der Waals surface area contributed by atoms with Gasteiger partial charge in [-0.05, 0) is 6.92 Å². The van der Waals surface area contributed by atoms with Gasteiger partial charge in [0.2, 0.25) is 5.95 Å². The lowest BCUT2D eigenvalue weighted by Gasteiger charge is -2.18. The largest absolute Gasteiger partial charge is 0.478 e. The van der Waals surface area contributed by atoms with Crippen molar-refractivity contribution in [2.45, 2.75) is 13.3 Å². The standard InChI is InChI=1S/C10H12N4O2/c1-2-14(5-3-4-11)10-12-6-8(7-13-10)9(15)16/h6-7H,2-3,5H2,1H3,(H,15,16). The molecule has 0 atom stereocenters. The summed E-state index contributed by atoms with van der Waals surface area (Å²) in [6.07, 6.45) is 2.91. The lowest BCUT2D eigenvalue weighted by Crippen LogP contribution is -2.25. The van der Waals surface area contributed by atoms with Gasteiger partial charge in [-0.3, -0.25) is 0 Å². The zero-order valence-corrected chi connectivity index (χ0v) is 8.92. The first-order valence-corrected chi connectivity index (χ1v) is 4.86. The number of anilines is 1. The Bertz CT molecular complexity index is 396. The number of hydrogen-bond donors (Lipinski definition) is 1. The summed E-state index contributed by atoms with van der Waals surface area (Å²) in [7, 11) is 0. The number of hydrogen-bond acceptors (Lipinski definition) is 5. The van der Waals surface area contributed by atoms with Gasteiger partial charge in [-0.2, -0.15) is 5.26 Å². The maximum atomic E-state index is 10.6. The second kappa shape index (κ2) is 5.66. The highest BCUT2D eigenvalue weighted by Gasteiger charge is 2.09. The van der Waals surface area contributed by atoms with Crippen LogP contribution in [0, 0.1) is 11.3 Å². The van der Waals surface area contributed by atoms with Crippen molar-refractivity contribution in [2.75, 3.05) is 18.0 Å². The molecule has 1 aromatic rings. The number of aromatic nitrogens is 2. The zero-order chi connectivity index (χ0) is 12.0. The molecule has 0 bridgehead atoms. The third-order valence-electron chi connectivity index (χ3n) is 2.04. The van der Waals surface area contributed by atoms with E-state index in [-0.39, 0.29) is 5.56 Å². The predicted molar refractivity (Wildman–Crippen MR) is 57.1 cm³/mol. The number of carbonyl (C=O) groups is 1. The fourth-order valence-corrected chi connectivity index (χ4v) is 1.18. The van der Waals surface area contributed by atoms with E-state index >= 15 is 0 Å². The van der Waals surface area contributed by atoms with Crippen LogP contribution in [0.1, 0.15) is 23.7 Å². The fourth-order valence-electron chi connectivity index (χ4n) is 1.18. The van der Waals surface area contributed by atoms with Gasteiger partial charge in [-0.1, -0.05) is 0 Å². The van der Waals surface area contributed by atoms with E-state index in [4.69, 9.17) is 10.4 Å². The van der Waals surface area contributed by atoms with Crippen LogP contribution in [0.15, 0.2) is 12.4 Å². The summed E-state index contributed by atoms with van der Waals surface area (Å²) in [6.45, 7) is 3.14. The molecule has 0 aliphatic heterocycles. The summed E-state index contributed by atoms with van der Waals surface area (Å²) >= 11 is 0. The molecule has 1 heterocycles. The summed E-state index contributed by atoms with van der Waals surface area (Å²) in [5.74, 6) is -0.602. The van der Waals surface area contributed by atoms with Gasteiger partial charge in [-0.15, -0.1) is 0 Å². The quantitative estimate of drug-likeness (QED) is 0.793. The summed E-state index contributed by atoms with van der Waals surface area (Å²) in [5, 5.41) is 17.2. The third-order valence-corrected chi connectivity index (χ3v) is 2.04. The number of carboxylic acids is 1. The molecule has 0 aromatic carbocycles. The van der Waals surface area contributed by atoms with Crippen molar-refractivity contribution < 1.29 is 9.90 Å². The molecule has 0 unspecified atom stereocenters. The van der Waals surface area contributed by atoms with Crippen LogP contribution < -0.4 is 4.90 Å². The molecule has 1 rings (SSSR count). The van der Waals surface area contributed by atoms with Gasteiger partial charge in [0, 0.05) is 25.5 Å². The van der Waals surface area contributed by atoms with Crippen LogP contribution in [0.5, 0.6) is 0 Å². The Morgan fingerprint density at radius 3 is 2.62 bits per heavy atom. The van der Waals surface area contributed by atoms with Crippen LogP contribution in [-0.4, -0.2) is 34.1 Å². The predicted octanol–water partition coefficient (Wildman–Crippen LogP) is 0.915. The Hall–Kier alpha value is -2.16. The molecule has 0 radical (unpaired) electrons. The van der Waals surface area contributed by atoms with E-state index in [1.807, 2.05) is 17.9 Å². The average molecular weight is 220 g/mol. The molecule has 0 saturated carbocycles. The number of rotatable bonds is 5. The van der Waals surface area contributed by atoms with E-state index < -0.39 is 5.97 Å². The second-order valence-corrected chi connectivity index (χ2v) is 3.06.